The number of aryl methyl sites for hydroxylation is 4. The van der Waals surface area contributed by atoms with Gasteiger partial charge in [-0.1, -0.05) is 153 Å². The van der Waals surface area contributed by atoms with Gasteiger partial charge in [-0.25, -0.2) is 0 Å². The summed E-state index contributed by atoms with van der Waals surface area (Å²) in [4.78, 5) is 11.4. The van der Waals surface area contributed by atoms with Gasteiger partial charge in [0.1, 0.15) is 35.4 Å². The van der Waals surface area contributed by atoms with Gasteiger partial charge in [0, 0.05) is 28.4 Å². The molecule has 0 spiro atoms. The van der Waals surface area contributed by atoms with Crippen LogP contribution in [0.2, 0.25) is 0 Å². The van der Waals surface area contributed by atoms with Gasteiger partial charge in [-0.3, -0.25) is 4.79 Å². The quantitative estimate of drug-likeness (QED) is 0.0641. The standard InChI is InChI=1S/C33H44O4.C28H38O2/c1-7-18-32(35,19-8-2)20-17-26-11-12-27(21-24(26)5)33(9-3,10-4)28-13-15-30(25(6)22-28)36-23-29-14-16-31(34)37-29;1-7-16-27(30,17-8-2)18-15-23-11-12-24(19-21(23)5)28(9-3,10-4)25-13-14-26(29)22(6)20-25/h11-13,15,21-22,29,35H,7-10,14,16,18-19,23H2,1-6H3;11-14,19-20,29-30H,7-10,16-17H2,1-6H3/t29-;/m0./s1. The first-order chi connectivity index (χ1) is 31.9. The second-order valence-electron chi connectivity index (χ2n) is 19.1. The van der Waals surface area contributed by atoms with Crippen molar-refractivity contribution in [2.24, 2.45) is 0 Å². The number of aromatic hydroxyl groups is 1. The molecule has 4 aromatic carbocycles. The molecule has 0 aliphatic carbocycles. The molecule has 1 heterocycles. The van der Waals surface area contributed by atoms with E-state index in [0.29, 0.717) is 44.5 Å². The Kier molecular flexibility index (Phi) is 20.2. The third-order valence-electron chi connectivity index (χ3n) is 14.4. The highest BCUT2D eigenvalue weighted by molar-refractivity contribution is 5.71. The average molecular weight is 911 g/mol. The molecule has 0 aromatic heterocycles. The lowest BCUT2D eigenvalue weighted by atomic mass is 9.70. The van der Waals surface area contributed by atoms with Gasteiger partial charge < -0.3 is 24.8 Å². The highest BCUT2D eigenvalue weighted by Crippen LogP contribution is 2.42. The van der Waals surface area contributed by atoms with E-state index in [2.05, 4.69) is 161 Å². The van der Waals surface area contributed by atoms with Crippen molar-refractivity contribution in [3.63, 3.8) is 0 Å². The molecule has 0 bridgehead atoms. The Bertz CT molecular complexity index is 2360. The molecule has 67 heavy (non-hydrogen) atoms. The number of benzene rings is 4. The summed E-state index contributed by atoms with van der Waals surface area (Å²) in [6.07, 6.45) is 11.4. The van der Waals surface area contributed by atoms with Crippen molar-refractivity contribution in [1.29, 1.82) is 0 Å². The maximum atomic E-state index is 11.4. The van der Waals surface area contributed by atoms with Crippen molar-refractivity contribution in [1.82, 2.24) is 0 Å². The van der Waals surface area contributed by atoms with Crippen molar-refractivity contribution in [3.8, 4) is 35.2 Å². The fourth-order valence-electron chi connectivity index (χ4n) is 10.1. The van der Waals surface area contributed by atoms with E-state index < -0.39 is 11.2 Å². The van der Waals surface area contributed by atoms with Gasteiger partial charge in [-0.2, -0.15) is 0 Å². The zero-order valence-corrected chi connectivity index (χ0v) is 43.2. The van der Waals surface area contributed by atoms with Crippen molar-refractivity contribution in [2.75, 3.05) is 6.61 Å². The summed E-state index contributed by atoms with van der Waals surface area (Å²) in [5.41, 5.74) is 9.26. The molecule has 362 valence electrons. The fraction of sp³-hybridized carbons (Fsp3) is 0.525. The van der Waals surface area contributed by atoms with Crippen molar-refractivity contribution in [2.45, 2.75) is 201 Å². The van der Waals surface area contributed by atoms with Crippen LogP contribution in [0, 0.1) is 51.4 Å². The summed E-state index contributed by atoms with van der Waals surface area (Å²) in [6.45, 7) is 25.9. The predicted molar refractivity (Wildman–Crippen MR) is 277 cm³/mol. The minimum atomic E-state index is -0.911. The Hall–Kier alpha value is -5.01. The van der Waals surface area contributed by atoms with Gasteiger partial charge in [0.05, 0.1) is 0 Å². The molecule has 5 rings (SSSR count). The topological polar surface area (TPSA) is 96.2 Å². The van der Waals surface area contributed by atoms with Gasteiger partial charge in [0.25, 0.3) is 0 Å². The summed E-state index contributed by atoms with van der Waals surface area (Å²) in [7, 11) is 0. The van der Waals surface area contributed by atoms with Crippen LogP contribution in [0.5, 0.6) is 11.5 Å². The molecule has 1 fully saturated rings. The van der Waals surface area contributed by atoms with E-state index in [4.69, 9.17) is 9.47 Å². The number of carbonyl (C=O) groups excluding carboxylic acids is 1. The number of esters is 1. The number of cyclic esters (lactones) is 1. The first kappa shape index (κ1) is 54.6. The van der Waals surface area contributed by atoms with Crippen LogP contribution in [0.15, 0.2) is 72.8 Å². The van der Waals surface area contributed by atoms with Crippen molar-refractivity contribution < 1.29 is 29.6 Å². The Morgan fingerprint density at radius 2 is 0.955 bits per heavy atom. The third-order valence-corrected chi connectivity index (χ3v) is 14.4. The van der Waals surface area contributed by atoms with E-state index in [1.807, 2.05) is 13.0 Å². The largest absolute Gasteiger partial charge is 0.508 e. The minimum Gasteiger partial charge on any atom is -0.508 e. The molecule has 1 aliphatic heterocycles. The summed E-state index contributed by atoms with van der Waals surface area (Å²) in [5, 5.41) is 31.7. The Morgan fingerprint density at radius 1 is 0.567 bits per heavy atom. The zero-order valence-electron chi connectivity index (χ0n) is 43.2. The van der Waals surface area contributed by atoms with Crippen molar-refractivity contribution >= 4 is 5.97 Å². The zero-order chi connectivity index (χ0) is 49.4. The fourth-order valence-corrected chi connectivity index (χ4v) is 10.1. The van der Waals surface area contributed by atoms with E-state index in [0.717, 1.165) is 96.9 Å². The number of hydrogen-bond donors (Lipinski definition) is 3. The second kappa shape index (κ2) is 24.8. The van der Waals surface area contributed by atoms with Crippen LogP contribution in [0.1, 0.15) is 201 Å². The Labute approximate surface area is 405 Å². The third kappa shape index (κ3) is 13.6. The second-order valence-corrected chi connectivity index (χ2v) is 19.1. The summed E-state index contributed by atoms with van der Waals surface area (Å²) >= 11 is 0. The number of carbonyl (C=O) groups is 1. The van der Waals surface area contributed by atoms with Crippen LogP contribution in [-0.2, 0) is 20.4 Å². The van der Waals surface area contributed by atoms with Gasteiger partial charge in [0.15, 0.2) is 0 Å². The molecule has 1 saturated heterocycles. The highest BCUT2D eigenvalue weighted by Gasteiger charge is 2.33. The molecule has 1 atom stereocenters. The normalized spacial score (nSPS) is 14.0. The molecule has 3 N–H and O–H groups in total. The number of hydrogen-bond acceptors (Lipinski definition) is 6. The lowest BCUT2D eigenvalue weighted by Crippen LogP contribution is -2.27. The van der Waals surface area contributed by atoms with E-state index >= 15 is 0 Å². The molecule has 6 heteroatoms. The number of ether oxygens (including phenoxy) is 2. The summed E-state index contributed by atoms with van der Waals surface area (Å²) in [6, 6.07) is 25.6. The van der Waals surface area contributed by atoms with Crippen LogP contribution in [0.4, 0.5) is 0 Å². The highest BCUT2D eigenvalue weighted by atomic mass is 16.6. The molecule has 0 unspecified atom stereocenters. The van der Waals surface area contributed by atoms with Gasteiger partial charge >= 0.3 is 5.97 Å². The first-order valence-corrected chi connectivity index (χ1v) is 25.4. The number of aliphatic hydroxyl groups is 2. The summed E-state index contributed by atoms with van der Waals surface area (Å²) < 4.78 is 11.3. The van der Waals surface area contributed by atoms with Crippen LogP contribution >= 0.6 is 0 Å². The van der Waals surface area contributed by atoms with Crippen LogP contribution in [0.25, 0.3) is 0 Å². The minimum absolute atomic E-state index is 0.0969. The SMILES string of the molecule is CCCC(O)(C#Cc1ccc(C(CC)(CC)c2ccc(O)c(C)c2)cc1C)CCC.CCCC(O)(C#Cc1ccc(C(CC)(CC)c2ccc(OC[C@@H]3CCC(=O)O3)c(C)c2)cc1C)CCC. The molecule has 4 aromatic rings. The van der Waals surface area contributed by atoms with Crippen LogP contribution in [-0.4, -0.2) is 45.2 Å². The van der Waals surface area contributed by atoms with Crippen LogP contribution in [0.3, 0.4) is 0 Å². The molecule has 6 nitrogen and oxygen atoms in total. The van der Waals surface area contributed by atoms with E-state index in [1.54, 1.807) is 6.07 Å². The molecule has 0 radical (unpaired) electrons. The average Bonchev–Trinajstić information content (AvgIpc) is 3.73. The molecular weight excluding hydrogens is 829 g/mol. The number of rotatable bonds is 19. The maximum absolute atomic E-state index is 11.4. The Balaban J connectivity index is 0.000000299. The molecule has 0 saturated carbocycles. The molecule has 0 amide bonds. The number of phenols is 1. The number of phenolic OH excluding ortho intramolecular Hbond substituents is 1. The van der Waals surface area contributed by atoms with E-state index in [1.165, 1.54) is 22.3 Å². The van der Waals surface area contributed by atoms with E-state index in [9.17, 15) is 20.1 Å². The summed E-state index contributed by atoms with van der Waals surface area (Å²) in [5.74, 6) is 13.9. The van der Waals surface area contributed by atoms with E-state index in [-0.39, 0.29) is 22.9 Å². The van der Waals surface area contributed by atoms with Crippen molar-refractivity contribution in [3.05, 3.63) is 128 Å². The van der Waals surface area contributed by atoms with Gasteiger partial charge in [-0.05, 0) is 154 Å². The monoisotopic (exact) mass is 911 g/mol. The first-order valence-electron chi connectivity index (χ1n) is 25.4. The smallest absolute Gasteiger partial charge is 0.306 e. The maximum Gasteiger partial charge on any atom is 0.306 e. The predicted octanol–water partition coefficient (Wildman–Crippen LogP) is 14.0. The molecular formula is C61H82O6. The van der Waals surface area contributed by atoms with Crippen LogP contribution < -0.4 is 4.74 Å². The molecule has 1 aliphatic rings. The van der Waals surface area contributed by atoms with Gasteiger partial charge in [-0.15, -0.1) is 0 Å². The lowest BCUT2D eigenvalue weighted by Gasteiger charge is -2.34. The van der Waals surface area contributed by atoms with Gasteiger partial charge in [0.2, 0.25) is 0 Å². The Morgan fingerprint density at radius 3 is 1.30 bits per heavy atom. The lowest BCUT2D eigenvalue weighted by molar-refractivity contribution is -0.142.